The van der Waals surface area contributed by atoms with Crippen molar-refractivity contribution in [3.8, 4) is 0 Å². The van der Waals surface area contributed by atoms with Gasteiger partial charge in [0.05, 0.1) is 19.4 Å². The molecule has 0 saturated carbocycles. The van der Waals surface area contributed by atoms with Crippen LogP contribution in [-0.4, -0.2) is 62.0 Å². The van der Waals surface area contributed by atoms with E-state index in [9.17, 15) is 19.1 Å². The molecule has 136 valence electrons. The molecule has 0 aromatic carbocycles. The predicted octanol–water partition coefficient (Wildman–Crippen LogP) is 0.746. The molecule has 0 spiro atoms. The fraction of sp³-hybridized carbons (Fsp3) is 0.625. The van der Waals surface area contributed by atoms with Gasteiger partial charge in [0, 0.05) is 18.1 Å². The molecule has 9 heteroatoms. The third-order valence-electron chi connectivity index (χ3n) is 4.42. The second-order valence-corrected chi connectivity index (χ2v) is 6.58. The molecule has 2 aliphatic rings. The number of ketones is 2. The van der Waals surface area contributed by atoms with Crippen LogP contribution in [-0.2, 0) is 9.53 Å². The van der Waals surface area contributed by atoms with Gasteiger partial charge < -0.3 is 14.9 Å². The van der Waals surface area contributed by atoms with Crippen LogP contribution in [0.1, 0.15) is 43.4 Å². The van der Waals surface area contributed by atoms with Crippen LogP contribution >= 0.6 is 0 Å². The van der Waals surface area contributed by atoms with E-state index in [0.717, 1.165) is 0 Å². The number of aliphatic hydroxyl groups is 2. The monoisotopic (exact) mass is 353 g/mol. The Morgan fingerprint density at radius 2 is 2.24 bits per heavy atom. The Bertz CT molecular complexity index is 729. The largest absolute Gasteiger partial charge is 0.394 e. The Balaban J connectivity index is 1.93. The minimum absolute atomic E-state index is 0.00154. The van der Waals surface area contributed by atoms with Gasteiger partial charge in [-0.25, -0.2) is 14.4 Å². The topological polar surface area (TPSA) is 114 Å². The van der Waals surface area contributed by atoms with E-state index in [4.69, 9.17) is 9.84 Å². The van der Waals surface area contributed by atoms with Crippen molar-refractivity contribution >= 4 is 23.1 Å². The lowest BCUT2D eigenvalue weighted by molar-refractivity contribution is -0.120. The quantitative estimate of drug-likeness (QED) is 0.807. The highest BCUT2D eigenvalue weighted by molar-refractivity contribution is 6.18. The summed E-state index contributed by atoms with van der Waals surface area (Å²) in [7, 11) is 0. The number of rotatable bonds is 5. The number of aliphatic imine (C=N–C) groups is 1. The maximum atomic E-state index is 14.0. The number of fused-ring (bicyclic) bond motifs is 1. The van der Waals surface area contributed by atoms with Crippen LogP contribution in [0.15, 0.2) is 11.3 Å². The van der Waals surface area contributed by atoms with Crippen LogP contribution in [0.5, 0.6) is 0 Å². The second-order valence-electron chi connectivity index (χ2n) is 6.58. The first kappa shape index (κ1) is 17.8. The van der Waals surface area contributed by atoms with E-state index in [1.807, 2.05) is 0 Å². The minimum atomic E-state index is -1.77. The SMILES string of the molecule is CC(C)C(=O)CC1=Nc2c(ncn2[C@@H]2O[C@H](CO)[C@@H](F)[C@H]2O)C(=O)C1. The molecule has 2 N–H and O–H groups in total. The van der Waals surface area contributed by atoms with Gasteiger partial charge in [0.15, 0.2) is 29.7 Å². The van der Waals surface area contributed by atoms with Gasteiger partial charge in [0.2, 0.25) is 0 Å². The van der Waals surface area contributed by atoms with Gasteiger partial charge in [0.1, 0.15) is 18.0 Å². The molecule has 0 unspecified atom stereocenters. The Morgan fingerprint density at radius 1 is 1.52 bits per heavy atom. The van der Waals surface area contributed by atoms with E-state index in [0.29, 0.717) is 5.71 Å². The van der Waals surface area contributed by atoms with Crippen LogP contribution in [0.25, 0.3) is 0 Å². The number of aromatic nitrogens is 2. The van der Waals surface area contributed by atoms with E-state index in [-0.39, 0.29) is 41.8 Å². The van der Waals surface area contributed by atoms with E-state index in [1.165, 1.54) is 10.9 Å². The first-order valence-corrected chi connectivity index (χ1v) is 8.11. The molecule has 0 amide bonds. The van der Waals surface area contributed by atoms with Gasteiger partial charge >= 0.3 is 0 Å². The molecule has 25 heavy (non-hydrogen) atoms. The van der Waals surface area contributed by atoms with Crippen molar-refractivity contribution in [2.75, 3.05) is 6.61 Å². The zero-order valence-corrected chi connectivity index (χ0v) is 13.9. The van der Waals surface area contributed by atoms with E-state index >= 15 is 0 Å². The Morgan fingerprint density at radius 3 is 2.84 bits per heavy atom. The summed E-state index contributed by atoms with van der Waals surface area (Å²) in [5.41, 5.74) is 0.500. The van der Waals surface area contributed by atoms with Crippen molar-refractivity contribution in [2.24, 2.45) is 10.9 Å². The Labute approximate surface area is 143 Å². The van der Waals surface area contributed by atoms with Crippen molar-refractivity contribution in [1.29, 1.82) is 0 Å². The van der Waals surface area contributed by atoms with Crippen LogP contribution in [0, 0.1) is 5.92 Å². The molecule has 8 nitrogen and oxygen atoms in total. The number of carbonyl (C=O) groups excluding carboxylic acids is 2. The summed E-state index contributed by atoms with van der Waals surface area (Å²) in [4.78, 5) is 32.5. The van der Waals surface area contributed by atoms with E-state index in [2.05, 4.69) is 9.98 Å². The minimum Gasteiger partial charge on any atom is -0.394 e. The lowest BCUT2D eigenvalue weighted by Crippen LogP contribution is -2.29. The lowest BCUT2D eigenvalue weighted by Gasteiger charge is -2.19. The average Bonchev–Trinajstić information content (AvgIpc) is 3.10. The Hall–Kier alpha value is -1.97. The molecule has 1 saturated heterocycles. The van der Waals surface area contributed by atoms with Crippen molar-refractivity contribution in [3.05, 3.63) is 12.0 Å². The number of aliphatic hydroxyl groups excluding tert-OH is 2. The van der Waals surface area contributed by atoms with E-state index in [1.54, 1.807) is 13.8 Å². The predicted molar refractivity (Wildman–Crippen MR) is 84.6 cm³/mol. The highest BCUT2D eigenvalue weighted by Crippen LogP contribution is 2.36. The summed E-state index contributed by atoms with van der Waals surface area (Å²) in [6.07, 6.45) is -4.31. The van der Waals surface area contributed by atoms with E-state index < -0.39 is 31.2 Å². The number of carbonyl (C=O) groups is 2. The number of ether oxygens (including phenoxy) is 1. The molecular weight excluding hydrogens is 333 g/mol. The molecule has 0 radical (unpaired) electrons. The number of Topliss-reactive ketones (excluding diaryl/α,β-unsaturated/α-hetero) is 2. The van der Waals surface area contributed by atoms with Gasteiger partial charge in [-0.15, -0.1) is 0 Å². The Kier molecular flexibility index (Phi) is 4.81. The molecule has 3 heterocycles. The zero-order chi connectivity index (χ0) is 18.3. The number of nitrogens with zero attached hydrogens (tertiary/aromatic N) is 3. The standard InChI is InChI=1S/C16H20FN3O5/c1-7(2)9(22)3-8-4-10(23)13-15(19-8)20(6-18-13)16-14(24)12(17)11(5-21)25-16/h6-7,11-12,14,16,21,24H,3-5H2,1-2H3/t11-,12-,14-,16-/m1/s1. The summed E-state index contributed by atoms with van der Waals surface area (Å²) in [5, 5.41) is 19.2. The van der Waals surface area contributed by atoms with Gasteiger partial charge in [-0.2, -0.15) is 0 Å². The third-order valence-corrected chi connectivity index (χ3v) is 4.42. The molecular formula is C16H20FN3O5. The third kappa shape index (κ3) is 3.14. The summed E-state index contributed by atoms with van der Waals surface area (Å²) >= 11 is 0. The van der Waals surface area contributed by atoms with Crippen LogP contribution < -0.4 is 0 Å². The molecule has 0 bridgehead atoms. The number of halogens is 1. The van der Waals surface area contributed by atoms with Crippen molar-refractivity contribution in [2.45, 2.75) is 51.3 Å². The van der Waals surface area contributed by atoms with Crippen LogP contribution in [0.2, 0.25) is 0 Å². The number of imidazole rings is 1. The first-order valence-electron chi connectivity index (χ1n) is 8.11. The average molecular weight is 353 g/mol. The first-order chi connectivity index (χ1) is 11.8. The van der Waals surface area contributed by atoms with Gasteiger partial charge in [0.25, 0.3) is 0 Å². The van der Waals surface area contributed by atoms with Gasteiger partial charge in [-0.05, 0) is 0 Å². The number of hydrogen-bond donors (Lipinski definition) is 2. The summed E-state index contributed by atoms with van der Waals surface area (Å²) < 4.78 is 20.6. The van der Waals surface area contributed by atoms with Crippen LogP contribution in [0.4, 0.5) is 10.2 Å². The maximum Gasteiger partial charge on any atom is 0.190 e. The highest BCUT2D eigenvalue weighted by Gasteiger charge is 2.46. The van der Waals surface area contributed by atoms with Crippen molar-refractivity contribution < 1.29 is 28.9 Å². The molecule has 1 fully saturated rings. The lowest BCUT2D eigenvalue weighted by atomic mass is 9.98. The fourth-order valence-corrected chi connectivity index (χ4v) is 2.90. The molecule has 2 aliphatic heterocycles. The van der Waals surface area contributed by atoms with Gasteiger partial charge in [-0.3, -0.25) is 14.2 Å². The molecule has 1 aromatic heterocycles. The number of hydrogen-bond acceptors (Lipinski definition) is 7. The molecule has 1 aromatic rings. The molecule has 3 rings (SSSR count). The van der Waals surface area contributed by atoms with Crippen molar-refractivity contribution in [1.82, 2.24) is 9.55 Å². The maximum absolute atomic E-state index is 14.0. The highest BCUT2D eigenvalue weighted by atomic mass is 19.1. The second kappa shape index (κ2) is 6.74. The van der Waals surface area contributed by atoms with Gasteiger partial charge in [-0.1, -0.05) is 13.8 Å². The van der Waals surface area contributed by atoms with Crippen LogP contribution in [0.3, 0.4) is 0 Å². The zero-order valence-electron chi connectivity index (χ0n) is 13.9. The molecule has 4 atom stereocenters. The molecule has 0 aliphatic carbocycles. The number of alkyl halides is 1. The summed E-state index contributed by atoms with van der Waals surface area (Å²) in [6.45, 7) is 2.95. The smallest absolute Gasteiger partial charge is 0.190 e. The normalized spacial score (nSPS) is 29.0. The fourth-order valence-electron chi connectivity index (χ4n) is 2.90. The van der Waals surface area contributed by atoms with Crippen molar-refractivity contribution in [3.63, 3.8) is 0 Å². The summed E-state index contributed by atoms with van der Waals surface area (Å²) in [5.74, 6) is -0.375. The summed E-state index contributed by atoms with van der Waals surface area (Å²) in [6, 6.07) is 0.